The Morgan fingerprint density at radius 1 is 0.696 bits per heavy atom. The van der Waals surface area contributed by atoms with Crippen molar-refractivity contribution < 1.29 is 44.0 Å². The van der Waals surface area contributed by atoms with Gasteiger partial charge in [0.1, 0.15) is 0 Å². The average molecular weight is 389 g/mol. The van der Waals surface area contributed by atoms with Gasteiger partial charge in [-0.2, -0.15) is 0 Å². The molecule has 2 aliphatic rings. The van der Waals surface area contributed by atoms with E-state index in [0.717, 1.165) is 0 Å². The summed E-state index contributed by atoms with van der Waals surface area (Å²) in [6.07, 6.45) is 7.25. The molecule has 23 heavy (non-hydrogen) atoms. The molecule has 0 spiro atoms. The van der Waals surface area contributed by atoms with Gasteiger partial charge in [0.15, 0.2) is 0 Å². The van der Waals surface area contributed by atoms with E-state index in [2.05, 4.69) is 67.5 Å². The van der Waals surface area contributed by atoms with Crippen molar-refractivity contribution in [3.05, 3.63) is 42.2 Å². The molecule has 2 rings (SSSR count). The molecule has 0 saturated carbocycles. The topological polar surface area (TPSA) is 0 Å². The van der Waals surface area contributed by atoms with Crippen LogP contribution in [0.15, 0.2) is 42.2 Å². The molecule has 0 aliphatic heterocycles. The van der Waals surface area contributed by atoms with Gasteiger partial charge in [-0.3, -0.25) is 0 Å². The third kappa shape index (κ3) is 5.11. The summed E-state index contributed by atoms with van der Waals surface area (Å²) < 4.78 is 3.46. The Morgan fingerprint density at radius 3 is 1.26 bits per heavy atom. The van der Waals surface area contributed by atoms with E-state index in [1.165, 1.54) is 12.8 Å². The van der Waals surface area contributed by atoms with Gasteiger partial charge in [0.05, 0.1) is 0 Å². The number of allylic oxidation sites excluding steroid dienone is 8. The maximum Gasteiger partial charge on any atom is -1.00 e. The Balaban J connectivity index is 0.00000242. The maximum absolute atomic E-state index is 2.45. The van der Waals surface area contributed by atoms with E-state index < -0.39 is 0 Å². The Labute approximate surface area is 164 Å². The van der Waals surface area contributed by atoms with Crippen LogP contribution < -0.4 is 24.8 Å². The van der Waals surface area contributed by atoms with Crippen molar-refractivity contribution in [3.8, 4) is 0 Å². The molecule has 3 heteroatoms. The van der Waals surface area contributed by atoms with E-state index in [-0.39, 0.29) is 44.0 Å². The van der Waals surface area contributed by atoms with Gasteiger partial charge in [0, 0.05) is 0 Å². The number of rotatable bonds is 2. The standard InChI is InChI=1S/2C10H15.2ClH.Ti/c2*1-8-5-6-9(7-8)10(2,3)4;;;/h2*5H,6H2,1-4H3;2*1H;/q;;;;+2/p-2. The molecule has 0 amide bonds. The zero-order chi connectivity index (χ0) is 16.0. The van der Waals surface area contributed by atoms with Crippen LogP contribution in [0.25, 0.3) is 0 Å². The zero-order valence-corrected chi connectivity index (χ0v) is 18.9. The van der Waals surface area contributed by atoms with Crippen molar-refractivity contribution in [1.82, 2.24) is 0 Å². The summed E-state index contributed by atoms with van der Waals surface area (Å²) in [7, 11) is 0. The molecule has 0 radical (unpaired) electrons. The fourth-order valence-electron chi connectivity index (χ4n) is 3.23. The Kier molecular flexibility index (Phi) is 8.18. The summed E-state index contributed by atoms with van der Waals surface area (Å²) in [6, 6.07) is 0. The molecule has 128 valence electrons. The first-order valence-corrected chi connectivity index (χ1v) is 9.66. The summed E-state index contributed by atoms with van der Waals surface area (Å²) in [5, 5.41) is 0. The molecule has 0 aromatic heterocycles. The van der Waals surface area contributed by atoms with E-state index >= 15 is 0 Å². The van der Waals surface area contributed by atoms with Crippen molar-refractivity contribution in [2.45, 2.75) is 68.2 Å². The second-order valence-electron chi connectivity index (χ2n) is 8.51. The predicted molar refractivity (Wildman–Crippen MR) is 89.7 cm³/mol. The summed E-state index contributed by atoms with van der Waals surface area (Å²) in [4.78, 5) is 0. The zero-order valence-electron chi connectivity index (χ0n) is 15.8. The van der Waals surface area contributed by atoms with Gasteiger partial charge in [-0.25, -0.2) is 0 Å². The largest absolute Gasteiger partial charge is 1.00 e. The molecular weight excluding hydrogens is 359 g/mol. The predicted octanol–water partition coefficient (Wildman–Crippen LogP) is 0.377. The molecule has 0 atom stereocenters. The second-order valence-corrected chi connectivity index (χ2v) is 10.5. The van der Waals surface area contributed by atoms with Gasteiger partial charge < -0.3 is 24.8 Å². The van der Waals surface area contributed by atoms with Crippen LogP contribution >= 0.6 is 0 Å². The fourth-order valence-corrected chi connectivity index (χ4v) is 6.52. The molecule has 0 aromatic rings. The minimum atomic E-state index is -0.213. The summed E-state index contributed by atoms with van der Waals surface area (Å²) in [5.74, 6) is 0. The number of hydrogen-bond acceptors (Lipinski definition) is 0. The molecule has 0 nitrogen and oxygen atoms in total. The Morgan fingerprint density at radius 2 is 1.00 bits per heavy atom. The smallest absolute Gasteiger partial charge is 1.00 e. The van der Waals surface area contributed by atoms with Crippen LogP contribution in [0.4, 0.5) is 0 Å². The van der Waals surface area contributed by atoms with Gasteiger partial charge in [-0.1, -0.05) is 0 Å². The van der Waals surface area contributed by atoms with E-state index in [0.29, 0.717) is 10.8 Å². The summed E-state index contributed by atoms with van der Waals surface area (Å²) >= 11 is -0.213. The van der Waals surface area contributed by atoms with Crippen LogP contribution in [0, 0.1) is 10.8 Å². The van der Waals surface area contributed by atoms with Gasteiger partial charge in [-0.05, 0) is 0 Å². The number of hydrogen-bond donors (Lipinski definition) is 0. The molecule has 0 bridgehead atoms. The van der Waals surface area contributed by atoms with Crippen LogP contribution in [-0.4, -0.2) is 0 Å². The third-order valence-corrected chi connectivity index (χ3v) is 7.63. The van der Waals surface area contributed by atoms with Crippen molar-refractivity contribution in [1.29, 1.82) is 0 Å². The van der Waals surface area contributed by atoms with E-state index in [9.17, 15) is 0 Å². The number of halogens is 2. The summed E-state index contributed by atoms with van der Waals surface area (Å²) in [5.41, 5.74) is 7.12. The van der Waals surface area contributed by atoms with Gasteiger partial charge in [0.2, 0.25) is 0 Å². The van der Waals surface area contributed by atoms with Crippen LogP contribution in [0.3, 0.4) is 0 Å². The van der Waals surface area contributed by atoms with Crippen molar-refractivity contribution in [2.24, 2.45) is 10.8 Å². The molecule has 2 aliphatic carbocycles. The fraction of sp³-hybridized carbons (Fsp3) is 0.600. The van der Waals surface area contributed by atoms with Gasteiger partial charge >= 0.3 is 140 Å². The van der Waals surface area contributed by atoms with Crippen LogP contribution in [0.1, 0.15) is 68.2 Å². The third-order valence-electron chi connectivity index (χ3n) is 4.68. The minimum Gasteiger partial charge on any atom is -1.00 e. The van der Waals surface area contributed by atoms with E-state index in [4.69, 9.17) is 0 Å². The SMILES string of the molecule is CC1=CCC(C(C)(C)C)=[C]1[Ti+2][C]1=C(C(C)(C)C)CC=C1C.[Cl-].[Cl-]. The molecule has 0 aromatic carbocycles. The molecule has 0 heterocycles. The summed E-state index contributed by atoms with van der Waals surface area (Å²) in [6.45, 7) is 18.9. The quantitative estimate of drug-likeness (QED) is 0.600. The van der Waals surface area contributed by atoms with Crippen LogP contribution in [0.5, 0.6) is 0 Å². The molecule has 0 N–H and O–H groups in total. The molecule has 0 saturated heterocycles. The molecule has 0 fully saturated rings. The van der Waals surface area contributed by atoms with E-state index in [1.54, 1.807) is 30.0 Å². The second kappa shape index (κ2) is 8.09. The van der Waals surface area contributed by atoms with Crippen LogP contribution in [0.2, 0.25) is 0 Å². The van der Waals surface area contributed by atoms with Crippen molar-refractivity contribution in [3.63, 3.8) is 0 Å². The first-order valence-electron chi connectivity index (χ1n) is 8.10. The molecule has 0 unspecified atom stereocenters. The Bertz CT molecular complexity index is 524. The van der Waals surface area contributed by atoms with Gasteiger partial charge in [-0.15, -0.1) is 0 Å². The van der Waals surface area contributed by atoms with Crippen molar-refractivity contribution in [2.75, 3.05) is 0 Å². The average Bonchev–Trinajstić information content (AvgIpc) is 2.84. The molecular formula is C20H30Cl2Ti. The van der Waals surface area contributed by atoms with Crippen LogP contribution in [-0.2, 0) is 19.2 Å². The van der Waals surface area contributed by atoms with E-state index in [1.807, 2.05) is 0 Å². The van der Waals surface area contributed by atoms with Crippen molar-refractivity contribution >= 4 is 0 Å². The van der Waals surface area contributed by atoms with Gasteiger partial charge in [0.25, 0.3) is 0 Å². The first kappa shape index (κ1) is 23.3. The maximum atomic E-state index is 2.45. The monoisotopic (exact) mass is 388 g/mol. The normalized spacial score (nSPS) is 18.3. The first-order chi connectivity index (χ1) is 9.51. The Hall–Kier alpha value is 0.254. The minimum absolute atomic E-state index is 0.